The summed E-state index contributed by atoms with van der Waals surface area (Å²) in [6.07, 6.45) is 6.07. The van der Waals surface area contributed by atoms with E-state index in [9.17, 15) is 27.9 Å². The minimum Gasteiger partial charge on any atom is -0.497 e. The first-order chi connectivity index (χ1) is 28.1. The molecule has 7 rings (SSSR count). The normalized spacial score (nSPS) is 30.0. The number of amides is 4. The molecule has 7 atom stereocenters. The molecule has 2 saturated heterocycles. The van der Waals surface area contributed by atoms with Crippen molar-refractivity contribution in [3.8, 4) is 17.4 Å². The van der Waals surface area contributed by atoms with Gasteiger partial charge in [0.25, 0.3) is 5.91 Å². The Morgan fingerprint density at radius 3 is 2.54 bits per heavy atom. The van der Waals surface area contributed by atoms with E-state index in [0.29, 0.717) is 54.6 Å². The number of fused-ring (bicyclic) bond motifs is 3. The van der Waals surface area contributed by atoms with E-state index in [1.165, 1.54) is 16.0 Å². The second-order valence-corrected chi connectivity index (χ2v) is 19.2. The highest BCUT2D eigenvalue weighted by Crippen LogP contribution is 2.48. The lowest BCUT2D eigenvalue weighted by Gasteiger charge is -2.43. The van der Waals surface area contributed by atoms with Crippen molar-refractivity contribution in [1.29, 1.82) is 0 Å². The molecule has 17 nitrogen and oxygen atoms in total. The Labute approximate surface area is 344 Å². The van der Waals surface area contributed by atoms with Crippen molar-refractivity contribution in [3.05, 3.63) is 36.5 Å². The molecule has 4 amide bonds. The van der Waals surface area contributed by atoms with Crippen LogP contribution in [0.15, 0.2) is 36.5 Å². The Morgan fingerprint density at radius 1 is 1.12 bits per heavy atom. The summed E-state index contributed by atoms with van der Waals surface area (Å²) >= 11 is 0. The van der Waals surface area contributed by atoms with E-state index < -0.39 is 80.2 Å². The van der Waals surface area contributed by atoms with Gasteiger partial charge in [0.1, 0.15) is 41.8 Å². The van der Waals surface area contributed by atoms with Crippen molar-refractivity contribution >= 4 is 44.6 Å². The fourth-order valence-electron chi connectivity index (χ4n) is 8.56. The van der Waals surface area contributed by atoms with Gasteiger partial charge >= 0.3 is 6.09 Å². The molecule has 0 radical (unpaired) electrons. The fourth-order valence-corrected chi connectivity index (χ4v) is 9.87. The van der Waals surface area contributed by atoms with Crippen molar-refractivity contribution in [3.63, 3.8) is 0 Å². The maximum absolute atomic E-state index is 15.1. The van der Waals surface area contributed by atoms with Gasteiger partial charge in [0, 0.05) is 30.2 Å². The summed E-state index contributed by atoms with van der Waals surface area (Å²) in [5.74, 6) is -1.69. The quantitative estimate of drug-likeness (QED) is 0.207. The molecule has 4 heterocycles. The summed E-state index contributed by atoms with van der Waals surface area (Å²) in [5, 5.41) is 14.7. The molecule has 0 bridgehead atoms. The van der Waals surface area contributed by atoms with Gasteiger partial charge in [-0.25, -0.2) is 18.2 Å². The number of carbonyl (C=O) groups excluding carboxylic acids is 3. The van der Waals surface area contributed by atoms with Crippen LogP contribution in [-0.4, -0.2) is 134 Å². The number of benzene rings is 1. The Kier molecular flexibility index (Phi) is 12.1. The van der Waals surface area contributed by atoms with E-state index in [0.717, 1.165) is 6.42 Å². The number of sulfonamides is 1. The highest BCUT2D eigenvalue weighted by atomic mass is 32.2. The second kappa shape index (κ2) is 16.8. The molecule has 0 spiro atoms. The van der Waals surface area contributed by atoms with Crippen LogP contribution in [0, 0.1) is 17.8 Å². The van der Waals surface area contributed by atoms with Crippen LogP contribution in [0.4, 0.5) is 4.79 Å². The van der Waals surface area contributed by atoms with Gasteiger partial charge in [0.05, 0.1) is 50.5 Å². The van der Waals surface area contributed by atoms with Gasteiger partial charge in [-0.15, -0.1) is 0 Å². The lowest BCUT2D eigenvalue weighted by atomic mass is 9.86. The first kappa shape index (κ1) is 42.4. The number of nitrogens with one attached hydrogen (secondary N) is 2. The molecule has 18 heteroatoms. The number of carbonyl (C=O) groups is 4. The lowest BCUT2D eigenvalue weighted by Crippen LogP contribution is -2.63. The SMILES string of the molecule is COCCOc1cnc(O[C@@H]2C[C@H]3C(=O)N[C@]4(C(=O)NS(=O)(=O)C5(C)CC5)C[C@H]4/C=C\CC[C@H](C)C[C@@H](C)[C@H](N(C(=O)O)C4COC4)C(=O)N3C2)c2ccc(OC)cc12. The Morgan fingerprint density at radius 2 is 1.88 bits per heavy atom. The molecule has 4 fully saturated rings. The predicted octanol–water partition coefficient (Wildman–Crippen LogP) is 3.25. The highest BCUT2D eigenvalue weighted by molar-refractivity contribution is 7.91. The van der Waals surface area contributed by atoms with E-state index >= 15 is 4.79 Å². The fraction of sp³-hybridized carbons (Fsp3) is 0.634. The molecule has 5 aliphatic rings. The zero-order chi connectivity index (χ0) is 42.3. The van der Waals surface area contributed by atoms with E-state index in [1.807, 2.05) is 26.0 Å². The highest BCUT2D eigenvalue weighted by Gasteiger charge is 2.63. The number of allylic oxidation sites excluding steroid dienone is 1. The Bertz CT molecular complexity index is 2090. The van der Waals surface area contributed by atoms with Crippen molar-refractivity contribution in [2.75, 3.05) is 47.2 Å². The Hall–Kier alpha value is -4.68. The van der Waals surface area contributed by atoms with Crippen LogP contribution in [0.25, 0.3) is 10.8 Å². The largest absolute Gasteiger partial charge is 0.497 e. The summed E-state index contributed by atoms with van der Waals surface area (Å²) < 4.78 is 56.2. The maximum atomic E-state index is 15.1. The minimum atomic E-state index is -4.04. The molecular formula is C41H55N5O12S. The molecule has 0 unspecified atom stereocenters. The first-order valence-corrected chi connectivity index (χ1v) is 21.8. The number of ether oxygens (including phenoxy) is 5. The molecular weight excluding hydrogens is 787 g/mol. The molecule has 59 heavy (non-hydrogen) atoms. The number of rotatable bonds is 12. The number of carboxylic acid groups (broad SMARTS) is 1. The van der Waals surface area contributed by atoms with Crippen LogP contribution in [-0.2, 0) is 33.9 Å². The minimum absolute atomic E-state index is 0.0331. The molecule has 3 aliphatic heterocycles. The van der Waals surface area contributed by atoms with Gasteiger partial charge in [0.15, 0.2) is 0 Å². The zero-order valence-corrected chi connectivity index (χ0v) is 35.0. The molecule has 322 valence electrons. The molecule has 2 aromatic rings. The molecule has 2 saturated carbocycles. The average Bonchev–Trinajstić information content (AvgIpc) is 4.05. The number of nitrogens with zero attached hydrogens (tertiary/aromatic N) is 3. The third-order valence-corrected chi connectivity index (χ3v) is 14.7. The monoisotopic (exact) mass is 841 g/mol. The summed E-state index contributed by atoms with van der Waals surface area (Å²) in [5.41, 5.74) is -1.58. The van der Waals surface area contributed by atoms with Crippen molar-refractivity contribution < 1.29 is 56.4 Å². The van der Waals surface area contributed by atoms with E-state index in [1.54, 1.807) is 39.3 Å². The number of hydrogen-bond donors (Lipinski definition) is 3. The van der Waals surface area contributed by atoms with Gasteiger partial charge in [-0.2, -0.15) is 0 Å². The zero-order valence-electron chi connectivity index (χ0n) is 34.2. The van der Waals surface area contributed by atoms with Gasteiger partial charge in [-0.3, -0.25) is 24.0 Å². The summed E-state index contributed by atoms with van der Waals surface area (Å²) in [6.45, 7) is 6.26. The predicted molar refractivity (Wildman–Crippen MR) is 213 cm³/mol. The summed E-state index contributed by atoms with van der Waals surface area (Å²) in [7, 11) is -0.921. The van der Waals surface area contributed by atoms with Crippen LogP contribution in [0.2, 0.25) is 0 Å². The standard InChI is InChI=1S/C41H55N5O12S/c1-24-8-6-7-9-26-19-41(26,38(49)44-59(52,53)40(3)12-13-40)43-35(47)32-18-29(21-45(32)37(48)34(25(2)16-24)46(39(50)51)27-22-56-23-27)58-36-30-11-10-28(55-5)17-31(30)33(20-42-36)57-15-14-54-4/h7,9-11,17,20,24-27,29,32,34H,6,8,12-16,18-19,21-23H2,1-5H3,(H,43,47)(H,44,49)(H,50,51)/b9-7-/t24-,25+,26+,29+,32-,34-,41+/m0/s1. The van der Waals surface area contributed by atoms with Gasteiger partial charge < -0.3 is 39.0 Å². The van der Waals surface area contributed by atoms with Gasteiger partial charge in [-0.1, -0.05) is 26.0 Å². The molecule has 1 aromatic carbocycles. The topological polar surface area (TPSA) is 212 Å². The first-order valence-electron chi connectivity index (χ1n) is 20.3. The van der Waals surface area contributed by atoms with Crippen molar-refractivity contribution in [2.24, 2.45) is 17.8 Å². The van der Waals surface area contributed by atoms with Gasteiger partial charge in [-0.05, 0) is 75.5 Å². The average molecular weight is 842 g/mol. The van der Waals surface area contributed by atoms with E-state index in [4.69, 9.17) is 23.7 Å². The van der Waals surface area contributed by atoms with Crippen molar-refractivity contribution in [2.45, 2.75) is 100 Å². The van der Waals surface area contributed by atoms with Crippen molar-refractivity contribution in [1.82, 2.24) is 24.8 Å². The summed E-state index contributed by atoms with van der Waals surface area (Å²) in [6, 6.07) is 2.37. The van der Waals surface area contributed by atoms with Gasteiger partial charge in [0.2, 0.25) is 27.7 Å². The van der Waals surface area contributed by atoms with Crippen LogP contribution >= 0.6 is 0 Å². The molecule has 3 N–H and O–H groups in total. The van der Waals surface area contributed by atoms with Crippen LogP contribution in [0.1, 0.15) is 65.7 Å². The number of pyridine rings is 1. The van der Waals surface area contributed by atoms with E-state index in [2.05, 4.69) is 15.0 Å². The second-order valence-electron chi connectivity index (χ2n) is 17.0. The number of methoxy groups -OCH3 is 2. The van der Waals surface area contributed by atoms with Crippen LogP contribution in [0.3, 0.4) is 0 Å². The van der Waals surface area contributed by atoms with Crippen LogP contribution < -0.4 is 24.2 Å². The maximum Gasteiger partial charge on any atom is 0.408 e. The third-order valence-electron chi connectivity index (χ3n) is 12.6. The molecule has 1 aromatic heterocycles. The lowest BCUT2D eigenvalue weighted by molar-refractivity contribution is -0.149. The van der Waals surface area contributed by atoms with E-state index in [-0.39, 0.29) is 51.0 Å². The summed E-state index contributed by atoms with van der Waals surface area (Å²) in [4.78, 5) is 63.9. The number of aromatic nitrogens is 1. The third kappa shape index (κ3) is 8.53. The number of hydrogen-bond acceptors (Lipinski definition) is 12. The van der Waals surface area contributed by atoms with Crippen LogP contribution in [0.5, 0.6) is 17.4 Å². The Balaban J connectivity index is 1.25. The molecule has 2 aliphatic carbocycles. The smallest absolute Gasteiger partial charge is 0.408 e.